The molecule has 108 valence electrons. The fourth-order valence-corrected chi connectivity index (χ4v) is 4.19. The van der Waals surface area contributed by atoms with Gasteiger partial charge in [0.2, 0.25) is 0 Å². The van der Waals surface area contributed by atoms with Crippen LogP contribution >= 0.6 is 23.4 Å². The SMILES string of the molecule is COc1ccc2nc(CCCl)n(CC3CCSC3)c2c1. The zero-order valence-corrected chi connectivity index (χ0v) is 13.2. The molecular formula is C15H19ClN2OS. The number of rotatable bonds is 5. The van der Waals surface area contributed by atoms with Crippen LogP contribution in [0.15, 0.2) is 18.2 Å². The van der Waals surface area contributed by atoms with E-state index >= 15 is 0 Å². The highest BCUT2D eigenvalue weighted by Gasteiger charge is 2.19. The molecule has 0 radical (unpaired) electrons. The van der Waals surface area contributed by atoms with Crippen LogP contribution in [0.2, 0.25) is 0 Å². The van der Waals surface area contributed by atoms with Gasteiger partial charge in [0.1, 0.15) is 11.6 Å². The van der Waals surface area contributed by atoms with Crippen molar-refractivity contribution in [2.24, 2.45) is 5.92 Å². The summed E-state index contributed by atoms with van der Waals surface area (Å²) in [6, 6.07) is 6.09. The summed E-state index contributed by atoms with van der Waals surface area (Å²) < 4.78 is 7.69. The van der Waals surface area contributed by atoms with Gasteiger partial charge in [-0.15, -0.1) is 11.6 Å². The average molecular weight is 311 g/mol. The number of aryl methyl sites for hydroxylation is 1. The molecule has 0 amide bonds. The normalized spacial score (nSPS) is 18.8. The van der Waals surface area contributed by atoms with E-state index in [0.29, 0.717) is 5.88 Å². The highest BCUT2D eigenvalue weighted by atomic mass is 35.5. The van der Waals surface area contributed by atoms with Gasteiger partial charge in [0.15, 0.2) is 0 Å². The van der Waals surface area contributed by atoms with Crippen molar-refractivity contribution < 1.29 is 4.74 Å². The minimum Gasteiger partial charge on any atom is -0.497 e. The van der Waals surface area contributed by atoms with E-state index in [1.165, 1.54) is 23.4 Å². The Balaban J connectivity index is 2.01. The van der Waals surface area contributed by atoms with Gasteiger partial charge in [-0.3, -0.25) is 0 Å². The number of benzene rings is 1. The fraction of sp³-hybridized carbons (Fsp3) is 0.533. The number of thioether (sulfide) groups is 1. The Kier molecular flexibility index (Phi) is 4.41. The zero-order valence-electron chi connectivity index (χ0n) is 11.6. The van der Waals surface area contributed by atoms with Gasteiger partial charge in [0.05, 0.1) is 18.1 Å². The van der Waals surface area contributed by atoms with E-state index < -0.39 is 0 Å². The number of halogens is 1. The van der Waals surface area contributed by atoms with Gasteiger partial charge in [-0.1, -0.05) is 0 Å². The van der Waals surface area contributed by atoms with E-state index in [4.69, 9.17) is 21.3 Å². The van der Waals surface area contributed by atoms with Gasteiger partial charge in [-0.05, 0) is 36.0 Å². The smallest absolute Gasteiger partial charge is 0.121 e. The van der Waals surface area contributed by atoms with Crippen molar-refractivity contribution in [3.05, 3.63) is 24.0 Å². The number of aromatic nitrogens is 2. The van der Waals surface area contributed by atoms with Gasteiger partial charge >= 0.3 is 0 Å². The van der Waals surface area contributed by atoms with Crippen LogP contribution in [0.25, 0.3) is 11.0 Å². The van der Waals surface area contributed by atoms with Crippen molar-refractivity contribution in [2.45, 2.75) is 19.4 Å². The van der Waals surface area contributed by atoms with Gasteiger partial charge in [-0.25, -0.2) is 4.98 Å². The standard InChI is InChI=1S/C15H19ClN2OS/c1-19-12-2-3-13-14(8-12)18(15(17-13)4-6-16)9-11-5-7-20-10-11/h2-3,8,11H,4-7,9-10H2,1H3. The van der Waals surface area contributed by atoms with Crippen molar-refractivity contribution >= 4 is 34.4 Å². The molecule has 1 saturated heterocycles. The lowest BCUT2D eigenvalue weighted by Gasteiger charge is -2.13. The highest BCUT2D eigenvalue weighted by Crippen LogP contribution is 2.28. The Morgan fingerprint density at radius 3 is 3.10 bits per heavy atom. The molecule has 0 bridgehead atoms. The molecule has 0 spiro atoms. The molecule has 1 atom stereocenters. The number of methoxy groups -OCH3 is 1. The van der Waals surface area contributed by atoms with Crippen LogP contribution in [0.3, 0.4) is 0 Å². The van der Waals surface area contributed by atoms with E-state index in [1.807, 2.05) is 12.1 Å². The maximum Gasteiger partial charge on any atom is 0.121 e. The van der Waals surface area contributed by atoms with E-state index in [2.05, 4.69) is 22.4 Å². The van der Waals surface area contributed by atoms with Crippen LogP contribution in [-0.4, -0.2) is 34.0 Å². The molecule has 1 aromatic carbocycles. The van der Waals surface area contributed by atoms with Crippen molar-refractivity contribution in [3.8, 4) is 5.75 Å². The number of hydrogen-bond acceptors (Lipinski definition) is 3. The van der Waals surface area contributed by atoms with Crippen molar-refractivity contribution in [1.82, 2.24) is 9.55 Å². The first-order valence-electron chi connectivity index (χ1n) is 6.98. The topological polar surface area (TPSA) is 27.1 Å². The lowest BCUT2D eigenvalue weighted by atomic mass is 10.1. The molecule has 5 heteroatoms. The molecule has 1 aliphatic rings. The predicted molar refractivity (Wildman–Crippen MR) is 86.1 cm³/mol. The van der Waals surface area contributed by atoms with Crippen LogP contribution in [-0.2, 0) is 13.0 Å². The monoisotopic (exact) mass is 310 g/mol. The molecule has 3 nitrogen and oxygen atoms in total. The number of nitrogens with zero attached hydrogens (tertiary/aromatic N) is 2. The summed E-state index contributed by atoms with van der Waals surface area (Å²) in [4.78, 5) is 4.74. The Morgan fingerprint density at radius 2 is 2.40 bits per heavy atom. The van der Waals surface area contributed by atoms with Crippen molar-refractivity contribution in [1.29, 1.82) is 0 Å². The zero-order chi connectivity index (χ0) is 13.9. The largest absolute Gasteiger partial charge is 0.497 e. The molecule has 2 aromatic rings. The van der Waals surface area contributed by atoms with Crippen LogP contribution in [0, 0.1) is 5.92 Å². The molecule has 1 aliphatic heterocycles. The number of ether oxygens (including phenoxy) is 1. The first-order chi connectivity index (χ1) is 9.81. The molecule has 2 heterocycles. The third-order valence-electron chi connectivity index (χ3n) is 3.82. The average Bonchev–Trinajstić information content (AvgIpc) is 3.08. The summed E-state index contributed by atoms with van der Waals surface area (Å²) in [5, 5.41) is 0. The second-order valence-electron chi connectivity index (χ2n) is 5.16. The van der Waals surface area contributed by atoms with E-state index in [-0.39, 0.29) is 0 Å². The lowest BCUT2D eigenvalue weighted by Crippen LogP contribution is -2.13. The molecule has 1 fully saturated rings. The van der Waals surface area contributed by atoms with Gasteiger partial charge in [-0.2, -0.15) is 11.8 Å². The van der Waals surface area contributed by atoms with Crippen LogP contribution in [0.5, 0.6) is 5.75 Å². The van der Waals surface area contributed by atoms with Crippen molar-refractivity contribution in [3.63, 3.8) is 0 Å². The van der Waals surface area contributed by atoms with Crippen molar-refractivity contribution in [2.75, 3.05) is 24.5 Å². The summed E-state index contributed by atoms with van der Waals surface area (Å²) in [6.07, 6.45) is 2.12. The van der Waals surface area contributed by atoms with E-state index in [0.717, 1.165) is 36.0 Å². The molecule has 0 aliphatic carbocycles. The van der Waals surface area contributed by atoms with Gasteiger partial charge in [0.25, 0.3) is 0 Å². The van der Waals surface area contributed by atoms with Crippen LogP contribution in [0.1, 0.15) is 12.2 Å². The van der Waals surface area contributed by atoms with Gasteiger partial charge < -0.3 is 9.30 Å². The third kappa shape index (κ3) is 2.77. The number of hydrogen-bond donors (Lipinski definition) is 0. The Hall–Kier alpha value is -0.870. The second-order valence-corrected chi connectivity index (χ2v) is 6.69. The summed E-state index contributed by atoms with van der Waals surface area (Å²) in [5.41, 5.74) is 2.21. The first kappa shape index (κ1) is 14.1. The first-order valence-corrected chi connectivity index (χ1v) is 8.67. The Morgan fingerprint density at radius 1 is 1.50 bits per heavy atom. The molecule has 1 unspecified atom stereocenters. The minimum absolute atomic E-state index is 0.611. The maximum absolute atomic E-state index is 5.93. The highest BCUT2D eigenvalue weighted by molar-refractivity contribution is 7.99. The summed E-state index contributed by atoms with van der Waals surface area (Å²) >= 11 is 7.98. The van der Waals surface area contributed by atoms with Crippen LogP contribution < -0.4 is 4.74 Å². The van der Waals surface area contributed by atoms with E-state index in [1.54, 1.807) is 7.11 Å². The molecule has 0 N–H and O–H groups in total. The number of imidazole rings is 1. The Labute approximate surface area is 128 Å². The Bertz CT molecular complexity index is 593. The number of fused-ring (bicyclic) bond motifs is 1. The quantitative estimate of drug-likeness (QED) is 0.790. The van der Waals surface area contributed by atoms with Gasteiger partial charge in [0, 0.05) is 24.9 Å². The second kappa shape index (κ2) is 6.27. The molecule has 3 rings (SSSR count). The molecule has 0 saturated carbocycles. The molecule has 20 heavy (non-hydrogen) atoms. The van der Waals surface area contributed by atoms with Crippen LogP contribution in [0.4, 0.5) is 0 Å². The maximum atomic E-state index is 5.93. The summed E-state index contributed by atoms with van der Waals surface area (Å²) in [5.74, 6) is 5.88. The van der Waals surface area contributed by atoms with E-state index in [9.17, 15) is 0 Å². The summed E-state index contributed by atoms with van der Waals surface area (Å²) in [6.45, 7) is 1.04. The third-order valence-corrected chi connectivity index (χ3v) is 5.24. The molecule has 1 aromatic heterocycles. The lowest BCUT2D eigenvalue weighted by molar-refractivity contribution is 0.415. The number of alkyl halides is 1. The summed E-state index contributed by atoms with van der Waals surface area (Å²) in [7, 11) is 1.70. The molecular weight excluding hydrogens is 292 g/mol. The predicted octanol–water partition coefficient (Wildman–Crippen LogP) is 3.58. The minimum atomic E-state index is 0.611. The fourth-order valence-electron chi connectivity index (χ4n) is 2.74.